The van der Waals surface area contributed by atoms with E-state index in [9.17, 15) is 31.7 Å². The van der Waals surface area contributed by atoms with Crippen molar-refractivity contribution in [2.24, 2.45) is 0 Å². The first-order chi connectivity index (χ1) is 12.5. The van der Waals surface area contributed by atoms with E-state index in [0.717, 1.165) is 46.5 Å². The lowest BCUT2D eigenvalue weighted by Gasteiger charge is -2.18. The van der Waals surface area contributed by atoms with E-state index in [0.29, 0.717) is 0 Å². The number of benzene rings is 1. The van der Waals surface area contributed by atoms with Crippen LogP contribution in [0.1, 0.15) is 5.82 Å². The molecule has 13 heteroatoms. The van der Waals surface area contributed by atoms with E-state index in [1.54, 1.807) is 0 Å². The van der Waals surface area contributed by atoms with Crippen molar-refractivity contribution in [1.29, 1.82) is 0 Å². The fraction of sp³-hybridized carbons (Fsp3) is 0.357. The minimum Gasteiger partial charge on any atom is -0.490 e. The van der Waals surface area contributed by atoms with Gasteiger partial charge in [-0.25, -0.2) is 13.4 Å². The summed E-state index contributed by atoms with van der Waals surface area (Å²) in [7, 11) is -1.88. The van der Waals surface area contributed by atoms with Gasteiger partial charge in [-0.2, -0.15) is 17.5 Å². The Balaban J connectivity index is 2.31. The number of halogens is 3. The fourth-order valence-corrected chi connectivity index (χ4v) is 3.41. The van der Waals surface area contributed by atoms with Crippen LogP contribution in [0, 0.1) is 10.1 Å². The molecule has 0 spiro atoms. The number of hydrogen-bond donors (Lipinski definition) is 0. The molecular weight excluding hydrogens is 393 g/mol. The van der Waals surface area contributed by atoms with Crippen molar-refractivity contribution in [3.63, 3.8) is 0 Å². The highest BCUT2D eigenvalue weighted by Gasteiger charge is 2.30. The number of alkyl halides is 3. The number of nitrogens with zero attached hydrogens (tertiary/aromatic N) is 4. The normalized spacial score (nSPS) is 12.4. The largest absolute Gasteiger partial charge is 0.490 e. The zero-order chi connectivity index (χ0) is 20.4. The van der Waals surface area contributed by atoms with Gasteiger partial charge in [0.25, 0.3) is 0 Å². The van der Waals surface area contributed by atoms with E-state index >= 15 is 0 Å². The van der Waals surface area contributed by atoms with Crippen molar-refractivity contribution in [2.45, 2.75) is 24.2 Å². The van der Waals surface area contributed by atoms with Crippen LogP contribution in [-0.2, 0) is 23.1 Å². The quantitative estimate of drug-likeness (QED) is 0.513. The minimum atomic E-state index is -4.50. The molecule has 9 nitrogen and oxygen atoms in total. The summed E-state index contributed by atoms with van der Waals surface area (Å²) < 4.78 is 69.3. The van der Waals surface area contributed by atoms with Gasteiger partial charge in [0.15, 0.2) is 5.75 Å². The van der Waals surface area contributed by atoms with Crippen molar-refractivity contribution in [3.8, 4) is 5.75 Å². The lowest BCUT2D eigenvalue weighted by molar-refractivity contribution is -0.386. The molecule has 2 aromatic rings. The Morgan fingerprint density at radius 2 is 2.04 bits per heavy atom. The number of imidazole rings is 1. The summed E-state index contributed by atoms with van der Waals surface area (Å²) in [6.07, 6.45) is -2.29. The van der Waals surface area contributed by atoms with Crippen molar-refractivity contribution in [3.05, 3.63) is 46.5 Å². The SMILES string of the molecule is COc1ccc(S(=O)(=O)N(C)Cc2nccn2CC(F)(F)F)cc1[N+](=O)[O-]. The van der Waals surface area contributed by atoms with Gasteiger partial charge in [-0.15, -0.1) is 0 Å². The van der Waals surface area contributed by atoms with Crippen LogP contribution < -0.4 is 4.74 Å². The molecule has 1 heterocycles. The maximum atomic E-state index is 12.6. The Hall–Kier alpha value is -2.67. The van der Waals surface area contributed by atoms with Crippen molar-refractivity contribution < 1.29 is 31.2 Å². The van der Waals surface area contributed by atoms with E-state index in [1.807, 2.05) is 0 Å². The Morgan fingerprint density at radius 1 is 1.37 bits per heavy atom. The molecule has 148 valence electrons. The average Bonchev–Trinajstić information content (AvgIpc) is 2.98. The highest BCUT2D eigenvalue weighted by Crippen LogP contribution is 2.30. The second-order valence-corrected chi connectivity index (χ2v) is 7.48. The van der Waals surface area contributed by atoms with Crippen LogP contribution in [0.3, 0.4) is 0 Å². The van der Waals surface area contributed by atoms with Crippen molar-refractivity contribution in [2.75, 3.05) is 14.2 Å². The van der Waals surface area contributed by atoms with Gasteiger partial charge in [-0.3, -0.25) is 10.1 Å². The van der Waals surface area contributed by atoms with Crippen LogP contribution in [0.2, 0.25) is 0 Å². The standard InChI is InChI=1S/C14H15F3N4O5S/c1-19(8-13-18-5-6-20(13)9-14(15,16)17)27(24,25)10-3-4-12(26-2)11(7-10)21(22)23/h3-7H,8-9H2,1-2H3. The van der Waals surface area contributed by atoms with Crippen LogP contribution in [0.5, 0.6) is 5.75 Å². The summed E-state index contributed by atoms with van der Waals surface area (Å²) in [6.45, 7) is -1.77. The van der Waals surface area contributed by atoms with Gasteiger partial charge in [0.05, 0.1) is 23.5 Å². The van der Waals surface area contributed by atoms with Gasteiger partial charge in [0, 0.05) is 25.5 Å². The van der Waals surface area contributed by atoms with Crippen LogP contribution in [-0.4, -0.2) is 47.5 Å². The van der Waals surface area contributed by atoms with Crippen LogP contribution in [0.15, 0.2) is 35.5 Å². The first kappa shape index (κ1) is 20.6. The number of hydrogen-bond acceptors (Lipinski definition) is 6. The van der Waals surface area contributed by atoms with Gasteiger partial charge in [-0.05, 0) is 12.1 Å². The van der Waals surface area contributed by atoms with E-state index < -0.39 is 44.8 Å². The number of ether oxygens (including phenoxy) is 1. The molecule has 0 atom stereocenters. The zero-order valence-electron chi connectivity index (χ0n) is 14.2. The molecule has 0 fully saturated rings. The van der Waals surface area contributed by atoms with Gasteiger partial charge in [0.2, 0.25) is 10.0 Å². The predicted molar refractivity (Wildman–Crippen MR) is 86.6 cm³/mol. The molecule has 0 aliphatic heterocycles. The predicted octanol–water partition coefficient (Wildman–Crippen LogP) is 2.18. The third-order valence-electron chi connectivity index (χ3n) is 3.57. The van der Waals surface area contributed by atoms with Gasteiger partial charge in [-0.1, -0.05) is 0 Å². The summed E-state index contributed by atoms with van der Waals surface area (Å²) >= 11 is 0. The third-order valence-corrected chi connectivity index (χ3v) is 5.37. The molecule has 0 N–H and O–H groups in total. The van der Waals surface area contributed by atoms with Gasteiger partial charge >= 0.3 is 11.9 Å². The highest BCUT2D eigenvalue weighted by molar-refractivity contribution is 7.89. The number of methoxy groups -OCH3 is 1. The summed E-state index contributed by atoms with van der Waals surface area (Å²) in [4.78, 5) is 13.6. The van der Waals surface area contributed by atoms with E-state index in [1.165, 1.54) is 7.11 Å². The molecule has 0 aliphatic rings. The maximum Gasteiger partial charge on any atom is 0.406 e. The zero-order valence-corrected chi connectivity index (χ0v) is 15.0. The summed E-state index contributed by atoms with van der Waals surface area (Å²) in [6, 6.07) is 3.07. The third kappa shape index (κ3) is 4.74. The first-order valence-electron chi connectivity index (χ1n) is 7.31. The molecule has 1 aromatic carbocycles. The highest BCUT2D eigenvalue weighted by atomic mass is 32.2. The monoisotopic (exact) mass is 408 g/mol. The molecule has 0 radical (unpaired) electrons. The first-order valence-corrected chi connectivity index (χ1v) is 8.75. The number of sulfonamides is 1. The molecule has 1 aromatic heterocycles. The lowest BCUT2D eigenvalue weighted by atomic mass is 10.3. The molecule has 0 bridgehead atoms. The Labute approximate surface area is 152 Å². The number of rotatable bonds is 7. The Bertz CT molecular complexity index is 942. The number of nitro benzene ring substituents is 1. The average molecular weight is 408 g/mol. The van der Waals surface area contributed by atoms with Crippen LogP contribution in [0.25, 0.3) is 0 Å². The fourth-order valence-electron chi connectivity index (χ4n) is 2.27. The Kier molecular flexibility index (Phi) is 5.75. The Morgan fingerprint density at radius 3 is 2.59 bits per heavy atom. The number of aromatic nitrogens is 2. The smallest absolute Gasteiger partial charge is 0.406 e. The summed E-state index contributed by atoms with van der Waals surface area (Å²) in [5.74, 6) is -0.247. The topological polar surface area (TPSA) is 108 Å². The van der Waals surface area contributed by atoms with E-state index in [2.05, 4.69) is 4.98 Å². The van der Waals surface area contributed by atoms with Gasteiger partial charge in [0.1, 0.15) is 12.4 Å². The maximum absolute atomic E-state index is 12.6. The number of nitro groups is 1. The van der Waals surface area contributed by atoms with Crippen LogP contribution in [0.4, 0.5) is 18.9 Å². The summed E-state index contributed by atoms with van der Waals surface area (Å²) in [5, 5.41) is 11.1. The second kappa shape index (κ2) is 7.52. The van der Waals surface area contributed by atoms with Crippen molar-refractivity contribution >= 4 is 15.7 Å². The lowest BCUT2D eigenvalue weighted by Crippen LogP contribution is -2.29. The molecule has 27 heavy (non-hydrogen) atoms. The van der Waals surface area contributed by atoms with E-state index in [-0.39, 0.29) is 11.6 Å². The van der Waals surface area contributed by atoms with Crippen molar-refractivity contribution in [1.82, 2.24) is 13.9 Å². The molecule has 0 amide bonds. The minimum absolute atomic E-state index is 0.123. The molecule has 0 unspecified atom stereocenters. The van der Waals surface area contributed by atoms with E-state index in [4.69, 9.17) is 4.74 Å². The van der Waals surface area contributed by atoms with Gasteiger partial charge < -0.3 is 9.30 Å². The summed E-state index contributed by atoms with van der Waals surface area (Å²) in [5.41, 5.74) is -0.550. The molecule has 2 rings (SSSR count). The second-order valence-electron chi connectivity index (χ2n) is 5.44. The molecule has 0 saturated heterocycles. The molecular formula is C14H15F3N4O5S. The van der Waals surface area contributed by atoms with Crippen LogP contribution >= 0.6 is 0 Å². The molecule has 0 saturated carbocycles. The molecule has 0 aliphatic carbocycles.